The molecule has 5 heteroatoms. The number of halogens is 1. The van der Waals surface area contributed by atoms with E-state index in [1.807, 2.05) is 12.1 Å². The van der Waals surface area contributed by atoms with Crippen LogP contribution < -0.4 is 10.2 Å². The highest BCUT2D eigenvalue weighted by Gasteiger charge is 2.27. The number of anilines is 1. The molecular formula is C16H22FN3O. The van der Waals surface area contributed by atoms with Crippen molar-refractivity contribution >= 4 is 11.6 Å². The summed E-state index contributed by atoms with van der Waals surface area (Å²) < 4.78 is 13.8. The number of carbonyl (C=O) groups excluding carboxylic acids is 1. The maximum absolute atomic E-state index is 13.8. The molecule has 0 spiro atoms. The first-order valence-electron chi connectivity index (χ1n) is 7.74. The van der Waals surface area contributed by atoms with Gasteiger partial charge in [-0.3, -0.25) is 9.69 Å². The number of para-hydroxylation sites is 1. The van der Waals surface area contributed by atoms with E-state index in [0.717, 1.165) is 45.4 Å². The highest BCUT2D eigenvalue weighted by Crippen LogP contribution is 2.25. The second-order valence-corrected chi connectivity index (χ2v) is 5.84. The summed E-state index contributed by atoms with van der Waals surface area (Å²) in [7, 11) is 0. The van der Waals surface area contributed by atoms with E-state index in [2.05, 4.69) is 15.1 Å². The number of rotatable bonds is 2. The van der Waals surface area contributed by atoms with Crippen LogP contribution in [0.25, 0.3) is 0 Å². The molecule has 0 aliphatic carbocycles. The Morgan fingerprint density at radius 3 is 2.67 bits per heavy atom. The zero-order valence-corrected chi connectivity index (χ0v) is 12.2. The minimum absolute atomic E-state index is 0.129. The van der Waals surface area contributed by atoms with Gasteiger partial charge in [-0.1, -0.05) is 12.1 Å². The van der Waals surface area contributed by atoms with Crippen molar-refractivity contribution in [3.63, 3.8) is 0 Å². The van der Waals surface area contributed by atoms with E-state index in [1.54, 1.807) is 6.07 Å². The van der Waals surface area contributed by atoms with Gasteiger partial charge in [0.1, 0.15) is 5.82 Å². The van der Waals surface area contributed by atoms with E-state index in [4.69, 9.17) is 0 Å². The Bertz CT molecular complexity index is 500. The van der Waals surface area contributed by atoms with E-state index in [9.17, 15) is 9.18 Å². The van der Waals surface area contributed by atoms with Crippen LogP contribution in [0.3, 0.4) is 0 Å². The summed E-state index contributed by atoms with van der Waals surface area (Å²) in [5.74, 6) is -0.0193. The number of hydrogen-bond acceptors (Lipinski definition) is 3. The Hall–Kier alpha value is -1.62. The molecule has 1 aromatic carbocycles. The van der Waals surface area contributed by atoms with E-state index >= 15 is 0 Å². The summed E-state index contributed by atoms with van der Waals surface area (Å²) in [5, 5.41) is 2.92. The Morgan fingerprint density at radius 2 is 1.90 bits per heavy atom. The summed E-state index contributed by atoms with van der Waals surface area (Å²) in [6, 6.07) is 7.40. The monoisotopic (exact) mass is 291 g/mol. The molecule has 1 amide bonds. The van der Waals surface area contributed by atoms with Gasteiger partial charge in [0, 0.05) is 32.2 Å². The quantitative estimate of drug-likeness (QED) is 0.899. The topological polar surface area (TPSA) is 35.6 Å². The van der Waals surface area contributed by atoms with Crippen molar-refractivity contribution < 1.29 is 9.18 Å². The first-order chi connectivity index (χ1) is 10.2. The molecule has 2 fully saturated rings. The smallest absolute Gasteiger partial charge is 0.234 e. The molecule has 0 radical (unpaired) electrons. The fraction of sp³-hybridized carbons (Fsp3) is 0.562. The summed E-state index contributed by atoms with van der Waals surface area (Å²) in [6.45, 7) is 3.96. The molecule has 1 N–H and O–H groups in total. The lowest BCUT2D eigenvalue weighted by atomic mass is 10.0. The van der Waals surface area contributed by atoms with Crippen molar-refractivity contribution in [2.45, 2.75) is 25.3 Å². The molecule has 2 saturated heterocycles. The van der Waals surface area contributed by atoms with Gasteiger partial charge in [-0.2, -0.15) is 0 Å². The lowest BCUT2D eigenvalue weighted by Gasteiger charge is -2.38. The number of benzene rings is 1. The summed E-state index contributed by atoms with van der Waals surface area (Å²) in [5.41, 5.74) is 0.699. The molecule has 4 nitrogen and oxygen atoms in total. The predicted molar refractivity (Wildman–Crippen MR) is 80.8 cm³/mol. The van der Waals surface area contributed by atoms with Gasteiger partial charge in [-0.25, -0.2) is 4.39 Å². The van der Waals surface area contributed by atoms with Crippen LogP contribution >= 0.6 is 0 Å². The Labute approximate surface area is 124 Å². The van der Waals surface area contributed by atoms with Crippen LogP contribution in [-0.2, 0) is 4.79 Å². The first-order valence-corrected chi connectivity index (χ1v) is 7.74. The van der Waals surface area contributed by atoms with Crippen LogP contribution in [0.15, 0.2) is 24.3 Å². The van der Waals surface area contributed by atoms with Crippen LogP contribution in [0.1, 0.15) is 19.3 Å². The molecule has 2 aliphatic heterocycles. The molecule has 0 atom stereocenters. The van der Waals surface area contributed by atoms with Gasteiger partial charge in [-0.15, -0.1) is 0 Å². The summed E-state index contributed by atoms with van der Waals surface area (Å²) in [4.78, 5) is 16.1. The molecule has 0 unspecified atom stereocenters. The highest BCUT2D eigenvalue weighted by molar-refractivity contribution is 5.78. The molecule has 0 saturated carbocycles. The molecule has 0 bridgehead atoms. The number of carbonyl (C=O) groups is 1. The third-order valence-corrected chi connectivity index (χ3v) is 4.46. The Kier molecular flexibility index (Phi) is 4.39. The number of amides is 1. The van der Waals surface area contributed by atoms with Crippen LogP contribution in [0.4, 0.5) is 10.1 Å². The molecule has 3 rings (SSSR count). The second-order valence-electron chi connectivity index (χ2n) is 5.84. The van der Waals surface area contributed by atoms with Gasteiger partial charge in [0.25, 0.3) is 0 Å². The first kappa shape index (κ1) is 14.3. The van der Waals surface area contributed by atoms with E-state index in [-0.39, 0.29) is 11.7 Å². The fourth-order valence-corrected chi connectivity index (χ4v) is 3.32. The lowest BCUT2D eigenvalue weighted by molar-refractivity contribution is -0.122. The number of piperidine rings is 1. The van der Waals surface area contributed by atoms with Crippen molar-refractivity contribution in [3.8, 4) is 0 Å². The van der Waals surface area contributed by atoms with E-state index in [1.165, 1.54) is 6.07 Å². The molecule has 0 aromatic heterocycles. The number of nitrogens with zero attached hydrogens (tertiary/aromatic N) is 2. The largest absolute Gasteiger partial charge is 0.369 e. The van der Waals surface area contributed by atoms with Crippen molar-refractivity contribution in [2.75, 3.05) is 37.6 Å². The average molecular weight is 291 g/mol. The van der Waals surface area contributed by atoms with Crippen molar-refractivity contribution in [1.29, 1.82) is 0 Å². The molecule has 1 aromatic rings. The summed E-state index contributed by atoms with van der Waals surface area (Å²) >= 11 is 0. The molecular weight excluding hydrogens is 269 g/mol. The van der Waals surface area contributed by atoms with Crippen LogP contribution in [0, 0.1) is 5.82 Å². The number of nitrogens with one attached hydrogen (secondary N) is 1. The SMILES string of the molecule is O=C1CN(C2CCN(c3ccccc3F)CC2)CCCN1. The van der Waals surface area contributed by atoms with Gasteiger partial charge < -0.3 is 10.2 Å². The minimum Gasteiger partial charge on any atom is -0.369 e. The molecule has 2 heterocycles. The standard InChI is InChI=1S/C16H22FN3O/c17-14-4-1-2-5-15(14)19-10-6-13(7-11-19)20-9-3-8-18-16(21)12-20/h1-2,4-5,13H,3,6-12H2,(H,18,21). The second kappa shape index (κ2) is 6.43. The average Bonchev–Trinajstić information content (AvgIpc) is 2.73. The van der Waals surface area contributed by atoms with E-state index in [0.29, 0.717) is 18.3 Å². The molecule has 114 valence electrons. The molecule has 21 heavy (non-hydrogen) atoms. The van der Waals surface area contributed by atoms with E-state index < -0.39 is 0 Å². The van der Waals surface area contributed by atoms with Gasteiger partial charge in [0.05, 0.1) is 12.2 Å². The normalized spacial score (nSPS) is 22.0. The van der Waals surface area contributed by atoms with Crippen LogP contribution in [-0.4, -0.2) is 49.6 Å². The maximum atomic E-state index is 13.8. The zero-order valence-electron chi connectivity index (χ0n) is 12.2. The van der Waals surface area contributed by atoms with Gasteiger partial charge in [0.2, 0.25) is 5.91 Å². The minimum atomic E-state index is -0.148. The Morgan fingerprint density at radius 1 is 1.14 bits per heavy atom. The highest BCUT2D eigenvalue weighted by atomic mass is 19.1. The van der Waals surface area contributed by atoms with Gasteiger partial charge in [0.15, 0.2) is 0 Å². The fourth-order valence-electron chi connectivity index (χ4n) is 3.32. The third-order valence-electron chi connectivity index (χ3n) is 4.46. The van der Waals surface area contributed by atoms with Crippen molar-refractivity contribution in [1.82, 2.24) is 10.2 Å². The van der Waals surface area contributed by atoms with Gasteiger partial charge >= 0.3 is 0 Å². The van der Waals surface area contributed by atoms with Crippen LogP contribution in [0.5, 0.6) is 0 Å². The predicted octanol–water partition coefficient (Wildman–Crippen LogP) is 1.62. The van der Waals surface area contributed by atoms with Crippen molar-refractivity contribution in [3.05, 3.63) is 30.1 Å². The zero-order chi connectivity index (χ0) is 14.7. The van der Waals surface area contributed by atoms with Gasteiger partial charge in [-0.05, 0) is 31.4 Å². The number of hydrogen-bond donors (Lipinski definition) is 1. The molecule has 2 aliphatic rings. The summed E-state index contributed by atoms with van der Waals surface area (Å²) in [6.07, 6.45) is 2.99. The lowest BCUT2D eigenvalue weighted by Crippen LogP contribution is -2.47. The third kappa shape index (κ3) is 3.35. The van der Waals surface area contributed by atoms with Crippen LogP contribution in [0.2, 0.25) is 0 Å². The Balaban J connectivity index is 1.60. The maximum Gasteiger partial charge on any atom is 0.234 e. The van der Waals surface area contributed by atoms with Crippen molar-refractivity contribution in [2.24, 2.45) is 0 Å².